The van der Waals surface area contributed by atoms with Crippen LogP contribution in [0.3, 0.4) is 0 Å². The fourth-order valence-electron chi connectivity index (χ4n) is 5.32. The standard InChI is InChI=1S/C43H68O10/c1-4-5-6-7-8-9-10-11-12-13-14-15-24-53-43(44)40-21-18-38(19-22-40)16-17-39-20-23-41(51-35-33-49-31-29-47-27-25-45-2)42(37-39)52-36-34-50-32-30-48-28-26-46-3/h16-23,37H,4-15,24-36H2,1-3H3/b17-16+. The molecule has 10 nitrogen and oxygen atoms in total. The number of benzene rings is 2. The molecule has 10 heteroatoms. The van der Waals surface area contributed by atoms with E-state index in [-0.39, 0.29) is 5.97 Å². The number of esters is 1. The highest BCUT2D eigenvalue weighted by molar-refractivity contribution is 5.89. The van der Waals surface area contributed by atoms with E-state index >= 15 is 0 Å². The summed E-state index contributed by atoms with van der Waals surface area (Å²) in [5.74, 6) is 0.960. The minimum atomic E-state index is -0.274. The first-order valence-electron chi connectivity index (χ1n) is 19.8. The highest BCUT2D eigenvalue weighted by Gasteiger charge is 2.09. The lowest BCUT2D eigenvalue weighted by Gasteiger charge is -2.14. The number of unbranched alkanes of at least 4 members (excludes halogenated alkanes) is 11. The summed E-state index contributed by atoms with van der Waals surface area (Å²) in [6.45, 7) is 8.44. The van der Waals surface area contributed by atoms with Crippen LogP contribution in [0.2, 0.25) is 0 Å². The van der Waals surface area contributed by atoms with Gasteiger partial charge in [-0.15, -0.1) is 0 Å². The Hall–Kier alpha value is -2.99. The molecule has 2 aromatic rings. The largest absolute Gasteiger partial charge is 0.487 e. The van der Waals surface area contributed by atoms with Crippen molar-refractivity contribution in [3.8, 4) is 11.5 Å². The average molecular weight is 745 g/mol. The van der Waals surface area contributed by atoms with Crippen LogP contribution in [0.15, 0.2) is 42.5 Å². The van der Waals surface area contributed by atoms with Crippen molar-refractivity contribution < 1.29 is 47.4 Å². The molecule has 0 unspecified atom stereocenters. The van der Waals surface area contributed by atoms with Gasteiger partial charge in [0.15, 0.2) is 11.5 Å². The summed E-state index contributed by atoms with van der Waals surface area (Å²) in [6, 6.07) is 13.3. The maximum Gasteiger partial charge on any atom is 0.338 e. The molecule has 0 saturated heterocycles. The summed E-state index contributed by atoms with van der Waals surface area (Å²) in [5.41, 5.74) is 2.47. The van der Waals surface area contributed by atoms with Crippen LogP contribution in [-0.4, -0.2) is 106 Å². The summed E-state index contributed by atoms with van der Waals surface area (Å²) in [4.78, 5) is 12.6. The van der Waals surface area contributed by atoms with Crippen molar-refractivity contribution in [2.75, 3.05) is 100 Å². The second kappa shape index (κ2) is 33.6. The molecule has 0 N–H and O–H groups in total. The van der Waals surface area contributed by atoms with Crippen LogP contribution in [0.25, 0.3) is 12.2 Å². The van der Waals surface area contributed by atoms with Crippen LogP contribution in [-0.2, 0) is 33.2 Å². The molecule has 0 saturated carbocycles. The van der Waals surface area contributed by atoms with E-state index in [9.17, 15) is 4.79 Å². The minimum Gasteiger partial charge on any atom is -0.487 e. The van der Waals surface area contributed by atoms with Crippen LogP contribution < -0.4 is 9.47 Å². The predicted molar refractivity (Wildman–Crippen MR) is 211 cm³/mol. The summed E-state index contributed by atoms with van der Waals surface area (Å²) in [5, 5.41) is 0. The lowest BCUT2D eigenvalue weighted by atomic mass is 10.1. The van der Waals surface area contributed by atoms with Crippen LogP contribution in [0.1, 0.15) is 105 Å². The average Bonchev–Trinajstić information content (AvgIpc) is 3.18. The van der Waals surface area contributed by atoms with Crippen molar-refractivity contribution in [1.29, 1.82) is 0 Å². The van der Waals surface area contributed by atoms with Crippen molar-refractivity contribution in [3.05, 3.63) is 59.2 Å². The molecule has 0 aromatic heterocycles. The molecule has 2 aromatic carbocycles. The van der Waals surface area contributed by atoms with E-state index in [0.717, 1.165) is 24.0 Å². The monoisotopic (exact) mass is 744 g/mol. The molecule has 0 bridgehead atoms. The van der Waals surface area contributed by atoms with E-state index in [2.05, 4.69) is 6.92 Å². The van der Waals surface area contributed by atoms with Gasteiger partial charge < -0.3 is 42.6 Å². The molecule has 2 rings (SSSR count). The summed E-state index contributed by atoms with van der Waals surface area (Å²) >= 11 is 0. The van der Waals surface area contributed by atoms with E-state index in [1.165, 1.54) is 64.2 Å². The summed E-state index contributed by atoms with van der Waals surface area (Å²) in [7, 11) is 3.29. The molecule has 0 amide bonds. The van der Waals surface area contributed by atoms with Gasteiger partial charge in [-0.1, -0.05) is 108 Å². The molecule has 0 heterocycles. The molecule has 0 spiro atoms. The summed E-state index contributed by atoms with van der Waals surface area (Å²) < 4.78 is 49.7. The molecule has 0 aliphatic rings. The van der Waals surface area contributed by atoms with E-state index in [0.29, 0.717) is 103 Å². The predicted octanol–water partition coefficient (Wildman–Crippen LogP) is 8.83. The maximum atomic E-state index is 12.6. The van der Waals surface area contributed by atoms with Gasteiger partial charge in [-0.05, 0) is 41.8 Å². The zero-order chi connectivity index (χ0) is 37.9. The van der Waals surface area contributed by atoms with Crippen LogP contribution >= 0.6 is 0 Å². The number of hydrogen-bond donors (Lipinski definition) is 0. The van der Waals surface area contributed by atoms with Crippen molar-refractivity contribution in [3.63, 3.8) is 0 Å². The third kappa shape index (κ3) is 24.9. The normalized spacial score (nSPS) is 11.4. The number of rotatable bonds is 36. The number of ether oxygens (including phenoxy) is 9. The Balaban J connectivity index is 1.77. The molecule has 0 aliphatic heterocycles. The molecule has 0 atom stereocenters. The Bertz CT molecular complexity index is 1170. The van der Waals surface area contributed by atoms with Crippen molar-refractivity contribution in [2.24, 2.45) is 0 Å². The Morgan fingerprint density at radius 1 is 0.472 bits per heavy atom. The Labute approximate surface area is 319 Å². The molecule has 0 radical (unpaired) electrons. The van der Waals surface area contributed by atoms with Crippen LogP contribution in [0.5, 0.6) is 11.5 Å². The third-order valence-electron chi connectivity index (χ3n) is 8.39. The highest BCUT2D eigenvalue weighted by Crippen LogP contribution is 2.29. The SMILES string of the molecule is CCCCCCCCCCCCCCOC(=O)c1ccc(/C=C/c2ccc(OCCOCCOCCOC)c(OCCOCCOCCOC)c2)cc1. The number of methoxy groups -OCH3 is 2. The smallest absolute Gasteiger partial charge is 0.338 e. The van der Waals surface area contributed by atoms with Crippen molar-refractivity contribution in [2.45, 2.75) is 84.0 Å². The fraction of sp³-hybridized carbons (Fsp3) is 0.651. The first-order valence-corrected chi connectivity index (χ1v) is 19.8. The van der Waals surface area contributed by atoms with E-state index in [1.54, 1.807) is 14.2 Å². The molecular formula is C43H68O10. The van der Waals surface area contributed by atoms with Crippen molar-refractivity contribution in [1.82, 2.24) is 0 Å². The number of carbonyl (C=O) groups excluding carboxylic acids is 1. The van der Waals surface area contributed by atoms with Gasteiger partial charge in [-0.3, -0.25) is 0 Å². The lowest BCUT2D eigenvalue weighted by molar-refractivity contribution is 0.0160. The third-order valence-corrected chi connectivity index (χ3v) is 8.39. The molecule has 0 fully saturated rings. The van der Waals surface area contributed by atoms with Gasteiger partial charge >= 0.3 is 5.97 Å². The lowest BCUT2D eigenvalue weighted by Crippen LogP contribution is -2.14. The van der Waals surface area contributed by atoms with E-state index < -0.39 is 0 Å². The van der Waals surface area contributed by atoms with Gasteiger partial charge in [0.2, 0.25) is 0 Å². The van der Waals surface area contributed by atoms with Crippen LogP contribution in [0, 0.1) is 0 Å². The summed E-state index contributed by atoms with van der Waals surface area (Å²) in [6.07, 6.45) is 19.3. The Morgan fingerprint density at radius 2 is 0.906 bits per heavy atom. The van der Waals surface area contributed by atoms with Gasteiger partial charge in [0.25, 0.3) is 0 Å². The van der Waals surface area contributed by atoms with Gasteiger partial charge in [-0.25, -0.2) is 4.79 Å². The maximum absolute atomic E-state index is 12.6. The first-order chi connectivity index (χ1) is 26.2. The van der Waals surface area contributed by atoms with Crippen LogP contribution in [0.4, 0.5) is 0 Å². The van der Waals surface area contributed by atoms with E-state index in [1.807, 2.05) is 54.6 Å². The molecule has 300 valence electrons. The second-order valence-electron chi connectivity index (χ2n) is 12.8. The molecule has 0 aliphatic carbocycles. The molecular weight excluding hydrogens is 676 g/mol. The number of hydrogen-bond acceptors (Lipinski definition) is 10. The minimum absolute atomic E-state index is 0.274. The van der Waals surface area contributed by atoms with Gasteiger partial charge in [-0.2, -0.15) is 0 Å². The quantitative estimate of drug-likeness (QED) is 0.0382. The number of carbonyl (C=O) groups is 1. The topological polar surface area (TPSA) is 100 Å². The zero-order valence-electron chi connectivity index (χ0n) is 33.0. The zero-order valence-corrected chi connectivity index (χ0v) is 33.0. The second-order valence-corrected chi connectivity index (χ2v) is 12.8. The van der Waals surface area contributed by atoms with Crippen molar-refractivity contribution >= 4 is 18.1 Å². The van der Waals surface area contributed by atoms with Gasteiger partial charge in [0.1, 0.15) is 13.2 Å². The molecule has 53 heavy (non-hydrogen) atoms. The van der Waals surface area contributed by atoms with Gasteiger partial charge in [0, 0.05) is 14.2 Å². The Morgan fingerprint density at radius 3 is 1.43 bits per heavy atom. The fourth-order valence-corrected chi connectivity index (χ4v) is 5.32. The first kappa shape index (κ1) is 46.2. The Kier molecular flexibility index (Phi) is 29.2. The van der Waals surface area contributed by atoms with E-state index in [4.69, 9.17) is 42.6 Å². The van der Waals surface area contributed by atoms with Gasteiger partial charge in [0.05, 0.1) is 78.2 Å². The highest BCUT2D eigenvalue weighted by atomic mass is 16.6.